The number of carbonyl (C=O) groups excluding carboxylic acids is 1. The SMILES string of the molecule is CCC(CC)C(C)NCC(=O)NC(C)C(C)C. The summed E-state index contributed by atoms with van der Waals surface area (Å²) in [5, 5.41) is 6.32. The van der Waals surface area contributed by atoms with E-state index in [9.17, 15) is 4.79 Å². The van der Waals surface area contributed by atoms with Gasteiger partial charge in [-0.3, -0.25) is 4.79 Å². The predicted molar refractivity (Wildman–Crippen MR) is 74.0 cm³/mol. The molecule has 17 heavy (non-hydrogen) atoms. The Morgan fingerprint density at radius 1 is 1.00 bits per heavy atom. The minimum Gasteiger partial charge on any atom is -0.352 e. The molecule has 3 heteroatoms. The van der Waals surface area contributed by atoms with Gasteiger partial charge in [0.1, 0.15) is 0 Å². The minimum atomic E-state index is 0.101. The number of nitrogens with one attached hydrogen (secondary N) is 2. The lowest BCUT2D eigenvalue weighted by molar-refractivity contribution is -0.121. The van der Waals surface area contributed by atoms with Crippen LogP contribution in [-0.2, 0) is 4.79 Å². The Labute approximate surface area is 107 Å². The van der Waals surface area contributed by atoms with E-state index in [1.165, 1.54) is 0 Å². The van der Waals surface area contributed by atoms with Crippen molar-refractivity contribution in [3.05, 3.63) is 0 Å². The molecule has 0 rings (SSSR count). The fourth-order valence-electron chi connectivity index (χ4n) is 1.89. The van der Waals surface area contributed by atoms with Crippen LogP contribution in [0.5, 0.6) is 0 Å². The van der Waals surface area contributed by atoms with Crippen molar-refractivity contribution in [1.82, 2.24) is 10.6 Å². The Morgan fingerprint density at radius 2 is 1.53 bits per heavy atom. The molecule has 0 aliphatic rings. The van der Waals surface area contributed by atoms with E-state index in [0.717, 1.165) is 12.8 Å². The molecule has 0 saturated heterocycles. The average molecular weight is 242 g/mol. The third kappa shape index (κ3) is 6.67. The Hall–Kier alpha value is -0.570. The summed E-state index contributed by atoms with van der Waals surface area (Å²) in [4.78, 5) is 11.7. The zero-order valence-electron chi connectivity index (χ0n) is 12.3. The highest BCUT2D eigenvalue weighted by molar-refractivity contribution is 5.78. The molecule has 0 spiro atoms. The number of rotatable bonds is 8. The van der Waals surface area contributed by atoms with E-state index < -0.39 is 0 Å². The van der Waals surface area contributed by atoms with E-state index in [-0.39, 0.29) is 11.9 Å². The molecule has 2 unspecified atom stereocenters. The van der Waals surface area contributed by atoms with Crippen LogP contribution in [0, 0.1) is 11.8 Å². The first-order valence-corrected chi connectivity index (χ1v) is 6.95. The van der Waals surface area contributed by atoms with Crippen molar-refractivity contribution in [2.75, 3.05) is 6.54 Å². The maximum absolute atomic E-state index is 11.7. The molecule has 0 aliphatic heterocycles. The molecule has 1 amide bonds. The zero-order chi connectivity index (χ0) is 13.4. The highest BCUT2D eigenvalue weighted by Crippen LogP contribution is 2.12. The van der Waals surface area contributed by atoms with Gasteiger partial charge < -0.3 is 10.6 Å². The maximum atomic E-state index is 11.7. The van der Waals surface area contributed by atoms with E-state index in [0.29, 0.717) is 24.4 Å². The normalized spacial score (nSPS) is 15.1. The molecule has 0 aromatic heterocycles. The van der Waals surface area contributed by atoms with E-state index in [1.54, 1.807) is 0 Å². The third-order valence-electron chi connectivity index (χ3n) is 3.73. The topological polar surface area (TPSA) is 41.1 Å². The second kappa shape index (κ2) is 8.51. The van der Waals surface area contributed by atoms with Gasteiger partial charge in [-0.15, -0.1) is 0 Å². The Morgan fingerprint density at radius 3 is 1.94 bits per heavy atom. The van der Waals surface area contributed by atoms with Crippen molar-refractivity contribution in [3.63, 3.8) is 0 Å². The molecule has 0 heterocycles. The predicted octanol–water partition coefficient (Wildman–Crippen LogP) is 2.56. The van der Waals surface area contributed by atoms with Gasteiger partial charge in [-0.2, -0.15) is 0 Å². The van der Waals surface area contributed by atoms with E-state index in [1.807, 2.05) is 6.92 Å². The van der Waals surface area contributed by atoms with Gasteiger partial charge in [0, 0.05) is 12.1 Å². The summed E-state index contributed by atoms with van der Waals surface area (Å²) in [6.07, 6.45) is 2.32. The Balaban J connectivity index is 3.91. The van der Waals surface area contributed by atoms with Gasteiger partial charge in [-0.1, -0.05) is 40.5 Å². The standard InChI is InChI=1S/C14H30N2O/c1-7-13(8-2)12(6)15-9-14(17)16-11(5)10(3)4/h10-13,15H,7-9H2,1-6H3,(H,16,17). The lowest BCUT2D eigenvalue weighted by Gasteiger charge is -2.23. The van der Waals surface area contributed by atoms with Crippen molar-refractivity contribution >= 4 is 5.91 Å². The van der Waals surface area contributed by atoms with Crippen molar-refractivity contribution in [2.24, 2.45) is 11.8 Å². The maximum Gasteiger partial charge on any atom is 0.234 e. The minimum absolute atomic E-state index is 0.101. The van der Waals surface area contributed by atoms with Gasteiger partial charge in [0.15, 0.2) is 0 Å². The van der Waals surface area contributed by atoms with Crippen LogP contribution in [0.3, 0.4) is 0 Å². The Kier molecular flexibility index (Phi) is 8.23. The van der Waals surface area contributed by atoms with Gasteiger partial charge >= 0.3 is 0 Å². The molecule has 102 valence electrons. The zero-order valence-corrected chi connectivity index (χ0v) is 12.3. The molecule has 3 nitrogen and oxygen atoms in total. The van der Waals surface area contributed by atoms with Gasteiger partial charge in [0.25, 0.3) is 0 Å². The van der Waals surface area contributed by atoms with Crippen molar-refractivity contribution in [3.8, 4) is 0 Å². The third-order valence-corrected chi connectivity index (χ3v) is 3.73. The summed E-state index contributed by atoms with van der Waals surface area (Å²) in [5.74, 6) is 1.24. The molecule has 0 aromatic carbocycles. The largest absolute Gasteiger partial charge is 0.352 e. The van der Waals surface area contributed by atoms with Crippen LogP contribution in [0.25, 0.3) is 0 Å². The summed E-state index contributed by atoms with van der Waals surface area (Å²) in [6, 6.07) is 0.651. The van der Waals surface area contributed by atoms with Gasteiger partial charge in [-0.05, 0) is 25.7 Å². The molecule has 0 aliphatic carbocycles. The van der Waals surface area contributed by atoms with Crippen LogP contribution in [0.15, 0.2) is 0 Å². The number of hydrogen-bond donors (Lipinski definition) is 2. The van der Waals surface area contributed by atoms with Gasteiger partial charge in [0.2, 0.25) is 5.91 Å². The first-order chi connectivity index (χ1) is 7.92. The molecule has 0 bridgehead atoms. The van der Waals surface area contributed by atoms with Crippen LogP contribution in [0.2, 0.25) is 0 Å². The molecule has 2 atom stereocenters. The summed E-state index contributed by atoms with van der Waals surface area (Å²) in [5.41, 5.74) is 0. The lowest BCUT2D eigenvalue weighted by Crippen LogP contribution is -2.44. The fraction of sp³-hybridized carbons (Fsp3) is 0.929. The van der Waals surface area contributed by atoms with Crippen molar-refractivity contribution in [2.45, 2.75) is 66.5 Å². The Bertz CT molecular complexity index is 212. The molecule has 2 N–H and O–H groups in total. The van der Waals surface area contributed by atoms with Crippen LogP contribution < -0.4 is 10.6 Å². The van der Waals surface area contributed by atoms with Gasteiger partial charge in [-0.25, -0.2) is 0 Å². The monoisotopic (exact) mass is 242 g/mol. The highest BCUT2D eigenvalue weighted by Gasteiger charge is 2.15. The van der Waals surface area contributed by atoms with Crippen LogP contribution in [0.1, 0.15) is 54.4 Å². The lowest BCUT2D eigenvalue weighted by atomic mass is 9.95. The number of hydrogen-bond acceptors (Lipinski definition) is 2. The van der Waals surface area contributed by atoms with Crippen molar-refractivity contribution in [1.29, 1.82) is 0 Å². The number of carbonyl (C=O) groups is 1. The summed E-state index contributed by atoms with van der Waals surface area (Å²) in [6.45, 7) is 13.3. The molecule has 0 aromatic rings. The number of amides is 1. The van der Waals surface area contributed by atoms with E-state index in [2.05, 4.69) is 45.3 Å². The van der Waals surface area contributed by atoms with E-state index >= 15 is 0 Å². The summed E-state index contributed by atoms with van der Waals surface area (Å²) in [7, 11) is 0. The quantitative estimate of drug-likeness (QED) is 0.687. The van der Waals surface area contributed by atoms with Crippen LogP contribution in [-0.4, -0.2) is 24.5 Å². The smallest absolute Gasteiger partial charge is 0.234 e. The van der Waals surface area contributed by atoms with E-state index in [4.69, 9.17) is 0 Å². The molecule has 0 radical (unpaired) electrons. The van der Waals surface area contributed by atoms with Crippen LogP contribution >= 0.6 is 0 Å². The fourth-order valence-corrected chi connectivity index (χ4v) is 1.89. The summed E-state index contributed by atoms with van der Waals surface area (Å²) >= 11 is 0. The van der Waals surface area contributed by atoms with Crippen LogP contribution in [0.4, 0.5) is 0 Å². The van der Waals surface area contributed by atoms with Crippen molar-refractivity contribution < 1.29 is 4.79 Å². The molecule has 0 fully saturated rings. The first-order valence-electron chi connectivity index (χ1n) is 6.95. The first kappa shape index (κ1) is 16.4. The average Bonchev–Trinajstić information content (AvgIpc) is 2.27. The molecular formula is C14H30N2O. The highest BCUT2D eigenvalue weighted by atomic mass is 16.1. The second-order valence-electron chi connectivity index (χ2n) is 5.35. The second-order valence-corrected chi connectivity index (χ2v) is 5.35. The molecule has 0 saturated carbocycles. The summed E-state index contributed by atoms with van der Waals surface area (Å²) < 4.78 is 0. The van der Waals surface area contributed by atoms with Gasteiger partial charge in [0.05, 0.1) is 6.54 Å². The molecular weight excluding hydrogens is 212 g/mol.